The molecule has 1 fully saturated rings. The van der Waals surface area contributed by atoms with Crippen molar-refractivity contribution in [3.63, 3.8) is 0 Å². The van der Waals surface area contributed by atoms with Gasteiger partial charge in [-0.25, -0.2) is 0 Å². The van der Waals surface area contributed by atoms with Crippen LogP contribution in [0.2, 0.25) is 0 Å². The van der Waals surface area contributed by atoms with Crippen LogP contribution >= 0.6 is 0 Å². The largest absolute Gasteiger partial charge is 0.385 e. The van der Waals surface area contributed by atoms with Gasteiger partial charge >= 0.3 is 0 Å². The van der Waals surface area contributed by atoms with Crippen molar-refractivity contribution in [3.8, 4) is 0 Å². The highest BCUT2D eigenvalue weighted by Crippen LogP contribution is 2.32. The number of methoxy groups -OCH3 is 1. The maximum atomic E-state index is 12.6. The third-order valence-corrected chi connectivity index (χ3v) is 4.61. The minimum atomic E-state index is -0.771. The third kappa shape index (κ3) is 3.91. The molecule has 0 aliphatic carbocycles. The van der Waals surface area contributed by atoms with Gasteiger partial charge in [-0.05, 0) is 37.8 Å². The fraction of sp³-hybridized carbons (Fsp3) is 0.556. The first-order valence-electron chi connectivity index (χ1n) is 8.11. The van der Waals surface area contributed by atoms with Gasteiger partial charge in [0, 0.05) is 33.2 Å². The molecule has 1 aliphatic heterocycles. The van der Waals surface area contributed by atoms with Crippen LogP contribution in [-0.4, -0.2) is 42.5 Å². The second kappa shape index (κ2) is 7.59. The first-order valence-corrected chi connectivity index (χ1v) is 8.11. The zero-order valence-electron chi connectivity index (χ0n) is 14.2. The number of aryl methyl sites for hydroxylation is 1. The summed E-state index contributed by atoms with van der Waals surface area (Å²) in [5.74, 6) is -0.0316. The molecular formula is C18H26N2O3. The van der Waals surface area contributed by atoms with Crippen LogP contribution in [-0.2, 0) is 20.9 Å². The first-order chi connectivity index (χ1) is 11.0. The second-order valence-electron chi connectivity index (χ2n) is 6.28. The van der Waals surface area contributed by atoms with E-state index in [1.54, 1.807) is 12.0 Å². The van der Waals surface area contributed by atoms with E-state index in [2.05, 4.69) is 5.32 Å². The molecule has 1 N–H and O–H groups in total. The van der Waals surface area contributed by atoms with Crippen molar-refractivity contribution in [2.24, 2.45) is 0 Å². The lowest BCUT2D eigenvalue weighted by Gasteiger charge is -2.34. The van der Waals surface area contributed by atoms with Crippen molar-refractivity contribution >= 4 is 11.8 Å². The molecule has 1 aromatic rings. The summed E-state index contributed by atoms with van der Waals surface area (Å²) in [7, 11) is 1.64. The monoisotopic (exact) mass is 318 g/mol. The highest BCUT2D eigenvalue weighted by Gasteiger charge is 2.47. The van der Waals surface area contributed by atoms with Crippen molar-refractivity contribution < 1.29 is 14.3 Å². The Balaban J connectivity index is 2.08. The van der Waals surface area contributed by atoms with E-state index in [1.165, 1.54) is 0 Å². The molecule has 0 spiro atoms. The molecule has 1 aromatic carbocycles. The highest BCUT2D eigenvalue weighted by atomic mass is 16.5. The van der Waals surface area contributed by atoms with Crippen LogP contribution in [0.3, 0.4) is 0 Å². The van der Waals surface area contributed by atoms with Crippen LogP contribution < -0.4 is 5.32 Å². The Bertz CT molecular complexity index is 573. The number of hydrogen-bond acceptors (Lipinski definition) is 3. The molecule has 1 atom stereocenters. The Kier molecular flexibility index (Phi) is 5.77. The molecule has 5 nitrogen and oxygen atoms in total. The summed E-state index contributed by atoms with van der Waals surface area (Å²) in [6, 6.07) is 7.98. The van der Waals surface area contributed by atoms with Gasteiger partial charge in [0.1, 0.15) is 5.54 Å². The lowest BCUT2D eigenvalue weighted by Crippen LogP contribution is -2.54. The summed E-state index contributed by atoms with van der Waals surface area (Å²) in [5, 5.41) is 2.94. The molecule has 1 unspecified atom stereocenters. The number of likely N-dealkylation sites (tertiary alicyclic amines) is 1. The van der Waals surface area contributed by atoms with E-state index in [0.29, 0.717) is 32.5 Å². The molecule has 0 saturated carbocycles. The van der Waals surface area contributed by atoms with Crippen LogP contribution in [0.4, 0.5) is 0 Å². The number of carbonyl (C=O) groups excluding carboxylic acids is 2. The Labute approximate surface area is 138 Å². The molecule has 2 amide bonds. The lowest BCUT2D eigenvalue weighted by atomic mass is 9.96. The number of benzene rings is 1. The van der Waals surface area contributed by atoms with Gasteiger partial charge in [-0.2, -0.15) is 0 Å². The minimum Gasteiger partial charge on any atom is -0.385 e. The van der Waals surface area contributed by atoms with E-state index >= 15 is 0 Å². The number of rotatable bonds is 7. The van der Waals surface area contributed by atoms with Crippen molar-refractivity contribution in [1.82, 2.24) is 10.2 Å². The standard InChI is InChI=1S/C18H26N2O3/c1-14-7-4-5-8-15(14)13-20-16(21)9-10-18(20,2)17(22)19-11-6-12-23-3/h4-5,7-8H,6,9-13H2,1-3H3,(H,19,22). The topological polar surface area (TPSA) is 58.6 Å². The fourth-order valence-electron chi connectivity index (χ4n) is 2.96. The van der Waals surface area contributed by atoms with Crippen molar-refractivity contribution in [2.45, 2.75) is 45.2 Å². The van der Waals surface area contributed by atoms with Crippen molar-refractivity contribution in [3.05, 3.63) is 35.4 Å². The van der Waals surface area contributed by atoms with E-state index in [0.717, 1.165) is 17.5 Å². The van der Waals surface area contributed by atoms with Gasteiger partial charge < -0.3 is 15.0 Å². The molecule has 126 valence electrons. The van der Waals surface area contributed by atoms with Gasteiger partial charge in [0.2, 0.25) is 11.8 Å². The molecular weight excluding hydrogens is 292 g/mol. The van der Waals surface area contributed by atoms with E-state index in [9.17, 15) is 9.59 Å². The third-order valence-electron chi connectivity index (χ3n) is 4.61. The summed E-state index contributed by atoms with van der Waals surface area (Å²) in [4.78, 5) is 26.7. The van der Waals surface area contributed by atoms with Crippen molar-refractivity contribution in [2.75, 3.05) is 20.3 Å². The van der Waals surface area contributed by atoms with Gasteiger partial charge in [0.05, 0.1) is 0 Å². The summed E-state index contributed by atoms with van der Waals surface area (Å²) in [5.41, 5.74) is 1.45. The van der Waals surface area contributed by atoms with Crippen LogP contribution in [0.25, 0.3) is 0 Å². The molecule has 0 radical (unpaired) electrons. The minimum absolute atomic E-state index is 0.0443. The molecule has 0 bridgehead atoms. The molecule has 5 heteroatoms. The second-order valence-corrected chi connectivity index (χ2v) is 6.28. The smallest absolute Gasteiger partial charge is 0.245 e. The number of carbonyl (C=O) groups is 2. The van der Waals surface area contributed by atoms with Crippen LogP contribution in [0.5, 0.6) is 0 Å². The highest BCUT2D eigenvalue weighted by molar-refractivity contribution is 5.94. The maximum Gasteiger partial charge on any atom is 0.245 e. The molecule has 2 rings (SSSR count). The summed E-state index contributed by atoms with van der Waals surface area (Å²) < 4.78 is 4.99. The number of hydrogen-bond donors (Lipinski definition) is 1. The molecule has 1 aliphatic rings. The predicted octanol–water partition coefficient (Wildman–Crippen LogP) is 2.03. The van der Waals surface area contributed by atoms with Gasteiger partial charge in [-0.3, -0.25) is 9.59 Å². The summed E-state index contributed by atoms with van der Waals surface area (Å²) >= 11 is 0. The first kappa shape index (κ1) is 17.5. The Morgan fingerprint density at radius 3 is 2.83 bits per heavy atom. The number of amides is 2. The molecule has 0 aromatic heterocycles. The number of nitrogens with one attached hydrogen (secondary N) is 1. The van der Waals surface area contributed by atoms with E-state index in [1.807, 2.05) is 38.1 Å². The predicted molar refractivity (Wildman–Crippen MR) is 88.9 cm³/mol. The molecule has 23 heavy (non-hydrogen) atoms. The Morgan fingerprint density at radius 1 is 1.39 bits per heavy atom. The average Bonchev–Trinajstić information content (AvgIpc) is 2.83. The summed E-state index contributed by atoms with van der Waals surface area (Å²) in [6.45, 7) is 5.55. The van der Waals surface area contributed by atoms with Gasteiger partial charge in [-0.1, -0.05) is 24.3 Å². The van der Waals surface area contributed by atoms with Crippen LogP contribution in [0.15, 0.2) is 24.3 Å². The van der Waals surface area contributed by atoms with E-state index in [-0.39, 0.29) is 11.8 Å². The zero-order chi connectivity index (χ0) is 16.9. The Hall–Kier alpha value is -1.88. The van der Waals surface area contributed by atoms with Gasteiger partial charge in [0.25, 0.3) is 0 Å². The van der Waals surface area contributed by atoms with Crippen LogP contribution in [0, 0.1) is 6.92 Å². The SMILES string of the molecule is COCCCNC(=O)C1(C)CCC(=O)N1Cc1ccccc1C. The van der Waals surface area contributed by atoms with E-state index < -0.39 is 5.54 Å². The number of ether oxygens (including phenoxy) is 1. The normalized spacial score (nSPS) is 20.8. The molecule has 1 saturated heterocycles. The van der Waals surface area contributed by atoms with Crippen LogP contribution in [0.1, 0.15) is 37.3 Å². The Morgan fingerprint density at radius 2 is 2.13 bits per heavy atom. The lowest BCUT2D eigenvalue weighted by molar-refractivity contribution is -0.141. The van der Waals surface area contributed by atoms with Gasteiger partial charge in [0.15, 0.2) is 0 Å². The maximum absolute atomic E-state index is 12.6. The average molecular weight is 318 g/mol. The summed E-state index contributed by atoms with van der Waals surface area (Å²) in [6.07, 6.45) is 1.76. The quantitative estimate of drug-likeness (QED) is 0.783. The van der Waals surface area contributed by atoms with Gasteiger partial charge in [-0.15, -0.1) is 0 Å². The fourth-order valence-corrected chi connectivity index (χ4v) is 2.96. The van der Waals surface area contributed by atoms with E-state index in [4.69, 9.17) is 4.74 Å². The zero-order valence-corrected chi connectivity index (χ0v) is 14.2. The number of nitrogens with zero attached hydrogens (tertiary/aromatic N) is 1. The van der Waals surface area contributed by atoms with Crippen molar-refractivity contribution in [1.29, 1.82) is 0 Å². The molecule has 1 heterocycles.